The molecule has 0 aliphatic heterocycles. The van der Waals surface area contributed by atoms with Gasteiger partial charge in [0.15, 0.2) is 0 Å². The third-order valence-electron chi connectivity index (χ3n) is 15.1. The average molecular weight is 909 g/mol. The van der Waals surface area contributed by atoms with E-state index >= 15 is 0 Å². The monoisotopic (exact) mass is 908 g/mol. The van der Waals surface area contributed by atoms with Crippen LogP contribution < -0.4 is 9.80 Å². The molecule has 0 spiro atoms. The standard InChI is InChI=1S/C69H52N2/c1-45-21-29-51(30-22-45)69(52-31-23-46(2)24-32-52)65-43-55(70(53-33-25-47(3)26-34-53)67-41-49-13-5-7-15-57(49)59-17-9-11-19-63(59)67)37-39-61(65)62-40-38-56(44-66(62)69)71(54-35-27-48(4)28-36-54)68-42-50-14-6-8-16-58(50)60-18-10-12-20-64(60)68/h5-44H,1-4H3. The van der Waals surface area contributed by atoms with Crippen molar-refractivity contribution >= 4 is 77.2 Å². The molecule has 1 aliphatic carbocycles. The molecule has 0 N–H and O–H groups in total. The van der Waals surface area contributed by atoms with Gasteiger partial charge in [0.2, 0.25) is 0 Å². The molecule has 2 heteroatoms. The molecule has 338 valence electrons. The summed E-state index contributed by atoms with van der Waals surface area (Å²) in [7, 11) is 0. The van der Waals surface area contributed by atoms with Crippen LogP contribution in [-0.2, 0) is 5.41 Å². The van der Waals surface area contributed by atoms with Gasteiger partial charge in [0.05, 0.1) is 16.8 Å². The second-order valence-corrected chi connectivity index (χ2v) is 19.6. The number of rotatable bonds is 8. The van der Waals surface area contributed by atoms with Gasteiger partial charge < -0.3 is 9.80 Å². The summed E-state index contributed by atoms with van der Waals surface area (Å²) < 4.78 is 0. The minimum Gasteiger partial charge on any atom is -0.310 e. The molecule has 0 fully saturated rings. The van der Waals surface area contributed by atoms with E-state index in [0.717, 1.165) is 34.1 Å². The molecule has 0 heterocycles. The van der Waals surface area contributed by atoms with E-state index in [-0.39, 0.29) is 0 Å². The van der Waals surface area contributed by atoms with Crippen LogP contribution in [0.5, 0.6) is 0 Å². The largest absolute Gasteiger partial charge is 0.310 e. The SMILES string of the molecule is Cc1ccc(N(c2ccc3c(c2)C(c2ccc(C)cc2)(c2ccc(C)cc2)c2cc(N(c4ccc(C)cc4)c4cc5ccccc5c5ccccc45)ccc2-3)c2cc3ccccc3c3ccccc23)cc1. The molecule has 0 bridgehead atoms. The third kappa shape index (κ3) is 6.85. The smallest absolute Gasteiger partial charge is 0.0715 e. The molecule has 1 aliphatic rings. The van der Waals surface area contributed by atoms with Crippen LogP contribution in [0.4, 0.5) is 34.1 Å². The Balaban J connectivity index is 1.11. The van der Waals surface area contributed by atoms with Crippen LogP contribution in [0.2, 0.25) is 0 Å². The molecule has 0 radical (unpaired) electrons. The Hall–Kier alpha value is -8.72. The van der Waals surface area contributed by atoms with Crippen molar-refractivity contribution in [1.29, 1.82) is 0 Å². The van der Waals surface area contributed by atoms with Crippen LogP contribution in [-0.4, -0.2) is 0 Å². The molecule has 0 unspecified atom stereocenters. The fourth-order valence-electron chi connectivity index (χ4n) is 11.7. The summed E-state index contributed by atoms with van der Waals surface area (Å²) in [6.45, 7) is 8.71. The van der Waals surface area contributed by atoms with Crippen LogP contribution in [0.3, 0.4) is 0 Å². The highest BCUT2D eigenvalue weighted by Crippen LogP contribution is 2.59. The molecule has 2 nitrogen and oxygen atoms in total. The Labute approximate surface area is 416 Å². The van der Waals surface area contributed by atoms with E-state index < -0.39 is 5.41 Å². The van der Waals surface area contributed by atoms with Crippen molar-refractivity contribution in [3.63, 3.8) is 0 Å². The van der Waals surface area contributed by atoms with Crippen molar-refractivity contribution in [3.8, 4) is 11.1 Å². The van der Waals surface area contributed by atoms with Crippen molar-refractivity contribution < 1.29 is 0 Å². The van der Waals surface area contributed by atoms with Crippen LogP contribution in [0, 0.1) is 27.7 Å². The average Bonchev–Trinajstić information content (AvgIpc) is 3.70. The molecular weight excluding hydrogens is 857 g/mol. The van der Waals surface area contributed by atoms with Gasteiger partial charge in [0, 0.05) is 33.5 Å². The van der Waals surface area contributed by atoms with Crippen LogP contribution >= 0.6 is 0 Å². The Morgan fingerprint density at radius 2 is 0.577 bits per heavy atom. The highest BCUT2D eigenvalue weighted by Gasteiger charge is 2.47. The first-order chi connectivity index (χ1) is 34.8. The van der Waals surface area contributed by atoms with Gasteiger partial charge >= 0.3 is 0 Å². The van der Waals surface area contributed by atoms with Gasteiger partial charge in [-0.2, -0.15) is 0 Å². The zero-order chi connectivity index (χ0) is 47.8. The lowest BCUT2D eigenvalue weighted by molar-refractivity contribution is 0.767. The topological polar surface area (TPSA) is 6.48 Å². The Bertz CT molecular complexity index is 3750. The van der Waals surface area contributed by atoms with Crippen molar-refractivity contribution in [2.45, 2.75) is 33.1 Å². The number of fused-ring (bicyclic) bond motifs is 9. The van der Waals surface area contributed by atoms with Crippen molar-refractivity contribution in [2.75, 3.05) is 9.80 Å². The summed E-state index contributed by atoms with van der Waals surface area (Å²) in [6.07, 6.45) is 0. The number of benzene rings is 12. The quantitative estimate of drug-likeness (QED) is 0.140. The Morgan fingerprint density at radius 1 is 0.268 bits per heavy atom. The van der Waals surface area contributed by atoms with Gasteiger partial charge in [-0.3, -0.25) is 0 Å². The van der Waals surface area contributed by atoms with Crippen LogP contribution in [0.25, 0.3) is 54.2 Å². The second-order valence-electron chi connectivity index (χ2n) is 19.6. The van der Waals surface area contributed by atoms with E-state index in [0.29, 0.717) is 0 Å². The van der Waals surface area contributed by atoms with E-state index in [4.69, 9.17) is 0 Å². The van der Waals surface area contributed by atoms with Crippen LogP contribution in [0.15, 0.2) is 243 Å². The fraction of sp³-hybridized carbons (Fsp3) is 0.0725. The van der Waals surface area contributed by atoms with E-state index in [1.165, 1.54) is 98.7 Å². The van der Waals surface area contributed by atoms with Crippen LogP contribution in [0.1, 0.15) is 44.5 Å². The number of hydrogen-bond donors (Lipinski definition) is 0. The van der Waals surface area contributed by atoms with E-state index in [2.05, 4.69) is 280 Å². The maximum atomic E-state index is 2.51. The summed E-state index contributed by atoms with van der Waals surface area (Å²) in [5, 5.41) is 9.84. The predicted octanol–water partition coefficient (Wildman–Crippen LogP) is 18.8. The van der Waals surface area contributed by atoms with Gasteiger partial charge in [-0.1, -0.05) is 204 Å². The van der Waals surface area contributed by atoms with Gasteiger partial charge in [-0.15, -0.1) is 0 Å². The lowest BCUT2D eigenvalue weighted by Gasteiger charge is -2.36. The zero-order valence-corrected chi connectivity index (χ0v) is 40.5. The second kappa shape index (κ2) is 16.8. The molecule has 0 aromatic heterocycles. The maximum Gasteiger partial charge on any atom is 0.0715 e. The van der Waals surface area contributed by atoms with Gasteiger partial charge in [0.1, 0.15) is 0 Å². The minimum atomic E-state index is -0.688. The van der Waals surface area contributed by atoms with Crippen molar-refractivity contribution in [2.24, 2.45) is 0 Å². The first kappa shape index (κ1) is 42.4. The molecule has 0 atom stereocenters. The highest BCUT2D eigenvalue weighted by atomic mass is 15.2. The normalized spacial score (nSPS) is 12.6. The number of aryl methyl sites for hydroxylation is 4. The maximum absolute atomic E-state index is 2.51. The first-order valence-corrected chi connectivity index (χ1v) is 24.8. The number of nitrogens with zero attached hydrogens (tertiary/aromatic N) is 2. The van der Waals surface area contributed by atoms with E-state index in [1.807, 2.05) is 0 Å². The molecule has 0 saturated heterocycles. The van der Waals surface area contributed by atoms with E-state index in [1.54, 1.807) is 0 Å². The van der Waals surface area contributed by atoms with E-state index in [9.17, 15) is 0 Å². The highest BCUT2D eigenvalue weighted by molar-refractivity contribution is 6.16. The number of hydrogen-bond acceptors (Lipinski definition) is 2. The van der Waals surface area contributed by atoms with Gasteiger partial charge in [-0.25, -0.2) is 0 Å². The summed E-state index contributed by atoms with van der Waals surface area (Å²) in [4.78, 5) is 4.98. The minimum absolute atomic E-state index is 0.688. The summed E-state index contributed by atoms with van der Waals surface area (Å²) in [5.41, 5.74) is 18.4. The predicted molar refractivity (Wildman–Crippen MR) is 302 cm³/mol. The molecule has 0 amide bonds. The molecule has 12 aromatic carbocycles. The van der Waals surface area contributed by atoms with Crippen molar-refractivity contribution in [1.82, 2.24) is 0 Å². The molecule has 13 rings (SSSR count). The third-order valence-corrected chi connectivity index (χ3v) is 15.1. The lowest BCUT2D eigenvalue weighted by atomic mass is 9.67. The molecule has 12 aromatic rings. The Kier molecular flexibility index (Phi) is 10.0. The molecule has 71 heavy (non-hydrogen) atoms. The fourth-order valence-corrected chi connectivity index (χ4v) is 11.7. The summed E-state index contributed by atoms with van der Waals surface area (Å²) >= 11 is 0. The first-order valence-electron chi connectivity index (χ1n) is 24.8. The summed E-state index contributed by atoms with van der Waals surface area (Å²) in [5.74, 6) is 0. The molecule has 0 saturated carbocycles. The molecular formula is C69H52N2. The lowest BCUT2D eigenvalue weighted by Crippen LogP contribution is -2.29. The van der Waals surface area contributed by atoms with Gasteiger partial charge in [-0.05, 0) is 154 Å². The summed E-state index contributed by atoms with van der Waals surface area (Å²) in [6, 6.07) is 91.3. The van der Waals surface area contributed by atoms with Gasteiger partial charge in [0.25, 0.3) is 0 Å². The Morgan fingerprint density at radius 3 is 0.958 bits per heavy atom. The number of anilines is 6. The van der Waals surface area contributed by atoms with Crippen molar-refractivity contribution in [3.05, 3.63) is 287 Å². The zero-order valence-electron chi connectivity index (χ0n) is 40.5.